The van der Waals surface area contributed by atoms with Gasteiger partial charge in [-0.05, 0) is 48.0 Å². The van der Waals surface area contributed by atoms with Crippen molar-refractivity contribution in [2.24, 2.45) is 5.10 Å². The lowest BCUT2D eigenvalue weighted by atomic mass is 10.2. The van der Waals surface area contributed by atoms with Crippen molar-refractivity contribution in [3.05, 3.63) is 112 Å². The van der Waals surface area contributed by atoms with E-state index in [1.54, 1.807) is 57.7 Å². The number of methoxy groups -OCH3 is 3. The molecule has 6 aromatic rings. The van der Waals surface area contributed by atoms with E-state index in [2.05, 4.69) is 5.10 Å². The van der Waals surface area contributed by atoms with Gasteiger partial charge in [0.1, 0.15) is 17.9 Å². The van der Waals surface area contributed by atoms with Gasteiger partial charge in [-0.15, -0.1) is 0 Å². The molecule has 6 rings (SSSR count). The maximum Gasteiger partial charge on any atom is 0.282 e. The standard InChI is InChI=1S/C33H27N3O6/c1-38-26-14-9-15-27-24(26)18-30(42-27)32-35-25-13-8-7-12-23(25)33(37)36(32)34-19-22-16-28(39-2)31(29(17-22)40-3)41-20-21-10-5-4-6-11-21/h4-19H,20H2,1-3H3. The van der Waals surface area contributed by atoms with Crippen LogP contribution in [0, 0.1) is 0 Å². The van der Waals surface area contributed by atoms with E-state index < -0.39 is 0 Å². The molecule has 0 saturated heterocycles. The van der Waals surface area contributed by atoms with Crippen molar-refractivity contribution in [2.45, 2.75) is 6.61 Å². The van der Waals surface area contributed by atoms with Crippen LogP contribution in [0.2, 0.25) is 0 Å². The second-order valence-electron chi connectivity index (χ2n) is 9.33. The van der Waals surface area contributed by atoms with Gasteiger partial charge < -0.3 is 23.4 Å². The Kier molecular flexibility index (Phi) is 7.30. The zero-order valence-electron chi connectivity index (χ0n) is 23.2. The number of nitrogens with zero attached hydrogens (tertiary/aromatic N) is 3. The molecule has 0 radical (unpaired) electrons. The monoisotopic (exact) mass is 561 g/mol. The molecule has 0 fully saturated rings. The molecule has 9 nitrogen and oxygen atoms in total. The highest BCUT2D eigenvalue weighted by atomic mass is 16.5. The summed E-state index contributed by atoms with van der Waals surface area (Å²) in [6.07, 6.45) is 1.54. The Bertz CT molecular complexity index is 1950. The van der Waals surface area contributed by atoms with Crippen LogP contribution in [-0.2, 0) is 6.61 Å². The van der Waals surface area contributed by atoms with Gasteiger partial charge in [-0.1, -0.05) is 48.5 Å². The topological polar surface area (TPSA) is 97.3 Å². The van der Waals surface area contributed by atoms with Gasteiger partial charge in [0.2, 0.25) is 11.6 Å². The Morgan fingerprint density at radius 2 is 1.52 bits per heavy atom. The molecule has 0 unspecified atom stereocenters. The Balaban J connectivity index is 1.43. The van der Waals surface area contributed by atoms with Crippen LogP contribution in [0.15, 0.2) is 105 Å². The zero-order chi connectivity index (χ0) is 29.1. The molecule has 4 aromatic carbocycles. The van der Waals surface area contributed by atoms with Crippen LogP contribution in [0.3, 0.4) is 0 Å². The highest BCUT2D eigenvalue weighted by Gasteiger charge is 2.19. The van der Waals surface area contributed by atoms with Crippen LogP contribution < -0.4 is 24.5 Å². The summed E-state index contributed by atoms with van der Waals surface area (Å²) in [6.45, 7) is 0.338. The minimum absolute atomic E-state index is 0.245. The molecule has 0 bridgehead atoms. The van der Waals surface area contributed by atoms with Gasteiger partial charge in [-0.25, -0.2) is 4.98 Å². The number of hydrogen-bond donors (Lipinski definition) is 0. The van der Waals surface area contributed by atoms with Crippen molar-refractivity contribution < 1.29 is 23.4 Å². The third kappa shape index (κ3) is 5.03. The maximum absolute atomic E-state index is 13.7. The van der Waals surface area contributed by atoms with E-state index in [9.17, 15) is 4.79 Å². The average Bonchev–Trinajstić information content (AvgIpc) is 3.48. The highest BCUT2D eigenvalue weighted by Crippen LogP contribution is 2.39. The molecule has 0 aliphatic heterocycles. The van der Waals surface area contributed by atoms with Crippen LogP contribution in [0.5, 0.6) is 23.0 Å². The van der Waals surface area contributed by atoms with Crippen molar-refractivity contribution in [3.63, 3.8) is 0 Å². The van der Waals surface area contributed by atoms with Crippen molar-refractivity contribution >= 4 is 28.1 Å². The fourth-order valence-electron chi connectivity index (χ4n) is 4.68. The number of hydrogen-bond acceptors (Lipinski definition) is 8. The fraction of sp³-hybridized carbons (Fsp3) is 0.121. The van der Waals surface area contributed by atoms with E-state index in [-0.39, 0.29) is 11.4 Å². The van der Waals surface area contributed by atoms with Gasteiger partial charge in [0.25, 0.3) is 5.56 Å². The summed E-state index contributed by atoms with van der Waals surface area (Å²) >= 11 is 0. The van der Waals surface area contributed by atoms with Gasteiger partial charge in [-0.3, -0.25) is 4.79 Å². The minimum Gasteiger partial charge on any atom is -0.496 e. The lowest BCUT2D eigenvalue weighted by Crippen LogP contribution is -2.20. The number of fused-ring (bicyclic) bond motifs is 2. The number of rotatable bonds is 9. The number of aromatic nitrogens is 2. The second kappa shape index (κ2) is 11.5. The van der Waals surface area contributed by atoms with Crippen LogP contribution >= 0.6 is 0 Å². The normalized spacial score (nSPS) is 11.3. The van der Waals surface area contributed by atoms with Gasteiger partial charge in [-0.2, -0.15) is 9.78 Å². The first-order valence-corrected chi connectivity index (χ1v) is 13.2. The molecule has 2 aromatic heterocycles. The summed E-state index contributed by atoms with van der Waals surface area (Å²) in [7, 11) is 4.70. The quantitative estimate of drug-likeness (QED) is 0.191. The van der Waals surface area contributed by atoms with E-state index in [0.717, 1.165) is 10.9 Å². The SMILES string of the molecule is COc1cc(C=Nn2c(-c3cc4c(OC)cccc4o3)nc3ccccc3c2=O)cc(OC)c1OCc1ccccc1. The molecule has 0 saturated carbocycles. The number of furan rings is 1. The first-order chi connectivity index (χ1) is 20.6. The van der Waals surface area contributed by atoms with E-state index in [0.29, 0.717) is 57.4 Å². The van der Waals surface area contributed by atoms with Crippen LogP contribution in [-0.4, -0.2) is 37.2 Å². The second-order valence-corrected chi connectivity index (χ2v) is 9.33. The van der Waals surface area contributed by atoms with Gasteiger partial charge in [0.15, 0.2) is 17.3 Å². The number of benzene rings is 4. The average molecular weight is 562 g/mol. The first-order valence-electron chi connectivity index (χ1n) is 13.2. The van der Waals surface area contributed by atoms with Crippen molar-refractivity contribution in [3.8, 4) is 34.6 Å². The summed E-state index contributed by atoms with van der Waals surface area (Å²) in [5, 5.41) is 5.74. The summed E-state index contributed by atoms with van der Waals surface area (Å²) in [5.41, 5.74) is 2.41. The van der Waals surface area contributed by atoms with Gasteiger partial charge in [0.05, 0.1) is 43.8 Å². The van der Waals surface area contributed by atoms with Crippen LogP contribution in [0.1, 0.15) is 11.1 Å². The molecule has 42 heavy (non-hydrogen) atoms. The number of ether oxygens (including phenoxy) is 4. The maximum atomic E-state index is 13.7. The van der Waals surface area contributed by atoms with E-state index in [1.807, 2.05) is 54.6 Å². The Hall–Kier alpha value is -5.57. The predicted octanol–water partition coefficient (Wildman–Crippen LogP) is 6.30. The lowest BCUT2D eigenvalue weighted by molar-refractivity contribution is 0.266. The third-order valence-corrected chi connectivity index (χ3v) is 6.75. The molecule has 0 N–H and O–H groups in total. The zero-order valence-corrected chi connectivity index (χ0v) is 23.2. The predicted molar refractivity (Wildman–Crippen MR) is 161 cm³/mol. The Morgan fingerprint density at radius 3 is 2.26 bits per heavy atom. The fourth-order valence-corrected chi connectivity index (χ4v) is 4.68. The van der Waals surface area contributed by atoms with E-state index >= 15 is 0 Å². The minimum atomic E-state index is -0.346. The molecule has 0 atom stereocenters. The van der Waals surface area contributed by atoms with Crippen molar-refractivity contribution in [2.75, 3.05) is 21.3 Å². The molecule has 9 heteroatoms. The smallest absolute Gasteiger partial charge is 0.282 e. The van der Waals surface area contributed by atoms with Crippen LogP contribution in [0.25, 0.3) is 33.5 Å². The van der Waals surface area contributed by atoms with E-state index in [1.165, 1.54) is 10.9 Å². The van der Waals surface area contributed by atoms with Crippen LogP contribution in [0.4, 0.5) is 0 Å². The van der Waals surface area contributed by atoms with E-state index in [4.69, 9.17) is 28.3 Å². The van der Waals surface area contributed by atoms with Crippen molar-refractivity contribution in [1.82, 2.24) is 9.66 Å². The Labute approximate surface area is 241 Å². The lowest BCUT2D eigenvalue weighted by Gasteiger charge is -2.15. The first kappa shape index (κ1) is 26.6. The third-order valence-electron chi connectivity index (χ3n) is 6.75. The summed E-state index contributed by atoms with van der Waals surface area (Å²) in [5.74, 6) is 2.64. The molecule has 0 spiro atoms. The summed E-state index contributed by atoms with van der Waals surface area (Å²) < 4.78 is 30.1. The van der Waals surface area contributed by atoms with Gasteiger partial charge >= 0.3 is 0 Å². The molecular weight excluding hydrogens is 534 g/mol. The largest absolute Gasteiger partial charge is 0.496 e. The molecule has 0 aliphatic rings. The summed E-state index contributed by atoms with van der Waals surface area (Å²) in [4.78, 5) is 18.4. The summed E-state index contributed by atoms with van der Waals surface area (Å²) in [6, 6.07) is 27.7. The highest BCUT2D eigenvalue weighted by molar-refractivity contribution is 5.89. The molecular formula is C33H27N3O6. The molecule has 0 amide bonds. The molecule has 2 heterocycles. The number of para-hydroxylation sites is 1. The van der Waals surface area contributed by atoms with Gasteiger partial charge in [0, 0.05) is 5.56 Å². The molecule has 0 aliphatic carbocycles. The molecule has 210 valence electrons. The Morgan fingerprint density at radius 1 is 0.810 bits per heavy atom. The van der Waals surface area contributed by atoms with Crippen molar-refractivity contribution in [1.29, 1.82) is 0 Å².